The maximum absolute atomic E-state index is 5.28. The molecule has 0 unspecified atom stereocenters. The number of hydrogen-bond donors (Lipinski definition) is 2. The highest BCUT2D eigenvalue weighted by atomic mass is 127. The standard InChI is InChI=1S/C14H26N4OS.HI/c1-5-12-11(3)20-13(18-12)7-8-16-14(15-4)17-9-10-19-6-2;/h5-10H2,1-4H3,(H2,15,16,17);1H. The number of thiazole rings is 1. The predicted octanol–water partition coefficient (Wildman–Crippen LogP) is 2.38. The van der Waals surface area contributed by atoms with Gasteiger partial charge in [0.15, 0.2) is 5.96 Å². The van der Waals surface area contributed by atoms with Crippen LogP contribution in [0.4, 0.5) is 0 Å². The lowest BCUT2D eigenvalue weighted by Gasteiger charge is -2.11. The van der Waals surface area contributed by atoms with Crippen LogP contribution in [-0.2, 0) is 17.6 Å². The second-order valence-electron chi connectivity index (χ2n) is 4.34. The van der Waals surface area contributed by atoms with Crippen LogP contribution in [0, 0.1) is 6.92 Å². The first-order valence-corrected chi connectivity index (χ1v) is 8.00. The smallest absolute Gasteiger partial charge is 0.191 e. The van der Waals surface area contributed by atoms with E-state index in [1.165, 1.54) is 15.6 Å². The first-order valence-electron chi connectivity index (χ1n) is 7.18. The van der Waals surface area contributed by atoms with Crippen molar-refractivity contribution in [3.63, 3.8) is 0 Å². The number of aryl methyl sites for hydroxylation is 2. The summed E-state index contributed by atoms with van der Waals surface area (Å²) in [5, 5.41) is 7.70. The summed E-state index contributed by atoms with van der Waals surface area (Å²) in [5.41, 5.74) is 1.23. The van der Waals surface area contributed by atoms with Crippen LogP contribution in [0.5, 0.6) is 0 Å². The predicted molar refractivity (Wildman–Crippen MR) is 101 cm³/mol. The van der Waals surface area contributed by atoms with Crippen LogP contribution in [0.25, 0.3) is 0 Å². The second kappa shape index (κ2) is 12.2. The lowest BCUT2D eigenvalue weighted by Crippen LogP contribution is -2.39. The van der Waals surface area contributed by atoms with Crippen molar-refractivity contribution < 1.29 is 4.74 Å². The summed E-state index contributed by atoms with van der Waals surface area (Å²) >= 11 is 1.79. The highest BCUT2D eigenvalue weighted by Crippen LogP contribution is 2.17. The Morgan fingerprint density at radius 1 is 1.29 bits per heavy atom. The Labute approximate surface area is 149 Å². The van der Waals surface area contributed by atoms with Crippen LogP contribution in [-0.4, -0.2) is 44.3 Å². The van der Waals surface area contributed by atoms with E-state index in [-0.39, 0.29) is 24.0 Å². The number of guanidine groups is 1. The Morgan fingerprint density at radius 2 is 2.00 bits per heavy atom. The summed E-state index contributed by atoms with van der Waals surface area (Å²) in [4.78, 5) is 10.1. The van der Waals surface area contributed by atoms with Crippen LogP contribution in [0.2, 0.25) is 0 Å². The fourth-order valence-electron chi connectivity index (χ4n) is 1.82. The third kappa shape index (κ3) is 7.96. The largest absolute Gasteiger partial charge is 0.380 e. The van der Waals surface area contributed by atoms with E-state index in [4.69, 9.17) is 4.74 Å². The number of halogens is 1. The van der Waals surface area contributed by atoms with Gasteiger partial charge in [-0.25, -0.2) is 4.98 Å². The third-order valence-corrected chi connectivity index (χ3v) is 3.94. The number of hydrogen-bond acceptors (Lipinski definition) is 4. The molecular formula is C14H27IN4OS. The Bertz CT molecular complexity index is 423. The van der Waals surface area contributed by atoms with Crippen molar-refractivity contribution in [2.24, 2.45) is 4.99 Å². The Morgan fingerprint density at radius 3 is 2.57 bits per heavy atom. The van der Waals surface area contributed by atoms with E-state index >= 15 is 0 Å². The molecule has 1 rings (SSSR count). The van der Waals surface area contributed by atoms with Crippen molar-refractivity contribution in [1.82, 2.24) is 15.6 Å². The number of nitrogens with one attached hydrogen (secondary N) is 2. The molecule has 0 aliphatic carbocycles. The van der Waals surface area contributed by atoms with Gasteiger partial charge < -0.3 is 15.4 Å². The van der Waals surface area contributed by atoms with Crippen LogP contribution in [0.1, 0.15) is 29.4 Å². The molecule has 1 aromatic heterocycles. The Balaban J connectivity index is 0.00000400. The van der Waals surface area contributed by atoms with E-state index < -0.39 is 0 Å². The van der Waals surface area contributed by atoms with Gasteiger partial charge in [-0.2, -0.15) is 0 Å². The van der Waals surface area contributed by atoms with Crippen molar-refractivity contribution >= 4 is 41.3 Å². The van der Waals surface area contributed by atoms with Gasteiger partial charge in [0.05, 0.1) is 17.3 Å². The van der Waals surface area contributed by atoms with Crippen molar-refractivity contribution in [2.75, 3.05) is 33.4 Å². The van der Waals surface area contributed by atoms with Crippen LogP contribution >= 0.6 is 35.3 Å². The molecule has 0 aliphatic heterocycles. The molecule has 21 heavy (non-hydrogen) atoms. The van der Waals surface area contributed by atoms with Gasteiger partial charge >= 0.3 is 0 Å². The molecule has 0 saturated carbocycles. The molecule has 0 amide bonds. The molecule has 1 heterocycles. The van der Waals surface area contributed by atoms with Crippen LogP contribution < -0.4 is 10.6 Å². The van der Waals surface area contributed by atoms with E-state index in [2.05, 4.69) is 34.5 Å². The van der Waals surface area contributed by atoms with Gasteiger partial charge in [-0.3, -0.25) is 4.99 Å². The maximum atomic E-state index is 5.28. The summed E-state index contributed by atoms with van der Waals surface area (Å²) < 4.78 is 5.28. The van der Waals surface area contributed by atoms with Gasteiger partial charge in [0.25, 0.3) is 0 Å². The van der Waals surface area contributed by atoms with Crippen molar-refractivity contribution in [3.05, 3.63) is 15.6 Å². The average molecular weight is 426 g/mol. The van der Waals surface area contributed by atoms with Gasteiger partial charge in [0.1, 0.15) is 0 Å². The Kier molecular flexibility index (Phi) is 11.9. The lowest BCUT2D eigenvalue weighted by atomic mass is 10.3. The van der Waals surface area contributed by atoms with Gasteiger partial charge in [-0.15, -0.1) is 35.3 Å². The lowest BCUT2D eigenvalue weighted by molar-refractivity contribution is 0.152. The van der Waals surface area contributed by atoms with Crippen LogP contribution in [0.3, 0.4) is 0 Å². The third-order valence-electron chi connectivity index (χ3n) is 2.87. The SMILES string of the molecule is CCOCCNC(=NC)NCCc1nc(CC)c(C)s1.I. The van der Waals surface area contributed by atoms with Crippen molar-refractivity contribution in [2.45, 2.75) is 33.6 Å². The monoisotopic (exact) mass is 426 g/mol. The highest BCUT2D eigenvalue weighted by molar-refractivity contribution is 14.0. The molecule has 0 radical (unpaired) electrons. The zero-order chi connectivity index (χ0) is 14.8. The summed E-state index contributed by atoms with van der Waals surface area (Å²) in [7, 11) is 1.78. The quantitative estimate of drug-likeness (QED) is 0.290. The molecule has 0 aliphatic rings. The van der Waals surface area contributed by atoms with Crippen molar-refractivity contribution in [1.29, 1.82) is 0 Å². The molecule has 7 heteroatoms. The number of nitrogens with zero attached hydrogens (tertiary/aromatic N) is 2. The number of ether oxygens (including phenoxy) is 1. The topological polar surface area (TPSA) is 58.5 Å². The van der Waals surface area contributed by atoms with Gasteiger partial charge in [0.2, 0.25) is 0 Å². The number of aliphatic imine (C=N–C) groups is 1. The molecule has 0 saturated heterocycles. The van der Waals surface area contributed by atoms with Gasteiger partial charge in [-0.1, -0.05) is 6.92 Å². The summed E-state index contributed by atoms with van der Waals surface area (Å²) in [5.74, 6) is 0.814. The minimum absolute atomic E-state index is 0. The second-order valence-corrected chi connectivity index (χ2v) is 5.62. The van der Waals surface area contributed by atoms with Crippen LogP contribution in [0.15, 0.2) is 4.99 Å². The molecule has 122 valence electrons. The molecule has 2 N–H and O–H groups in total. The van der Waals surface area contributed by atoms with E-state index in [0.717, 1.165) is 38.5 Å². The average Bonchev–Trinajstić information content (AvgIpc) is 2.81. The fourth-order valence-corrected chi connectivity index (χ4v) is 2.84. The number of rotatable bonds is 8. The summed E-state index contributed by atoms with van der Waals surface area (Å²) in [6.45, 7) is 9.33. The summed E-state index contributed by atoms with van der Waals surface area (Å²) in [6.07, 6.45) is 1.94. The van der Waals surface area contributed by atoms with Gasteiger partial charge in [0, 0.05) is 38.0 Å². The van der Waals surface area contributed by atoms with E-state index in [0.29, 0.717) is 6.61 Å². The summed E-state index contributed by atoms with van der Waals surface area (Å²) in [6, 6.07) is 0. The molecule has 0 fully saturated rings. The fraction of sp³-hybridized carbons (Fsp3) is 0.714. The molecule has 0 bridgehead atoms. The van der Waals surface area contributed by atoms with E-state index in [9.17, 15) is 0 Å². The molecule has 0 aromatic carbocycles. The maximum Gasteiger partial charge on any atom is 0.191 e. The molecule has 5 nitrogen and oxygen atoms in total. The van der Waals surface area contributed by atoms with Gasteiger partial charge in [-0.05, 0) is 20.3 Å². The molecular weight excluding hydrogens is 399 g/mol. The zero-order valence-corrected chi connectivity index (χ0v) is 16.5. The molecule has 1 aromatic rings. The minimum Gasteiger partial charge on any atom is -0.380 e. The molecule has 0 spiro atoms. The Hall–Kier alpha value is -0.410. The van der Waals surface area contributed by atoms with Crippen molar-refractivity contribution in [3.8, 4) is 0 Å². The minimum atomic E-state index is 0. The first kappa shape index (κ1) is 20.6. The van der Waals surface area contributed by atoms with E-state index in [1.807, 2.05) is 6.92 Å². The normalized spacial score (nSPS) is 11.1. The zero-order valence-electron chi connectivity index (χ0n) is 13.4. The number of aromatic nitrogens is 1. The van der Waals surface area contributed by atoms with E-state index in [1.54, 1.807) is 18.4 Å². The highest BCUT2D eigenvalue weighted by Gasteiger charge is 2.05. The molecule has 0 atom stereocenters. The first-order chi connectivity index (χ1) is 9.71.